The zero-order valence-electron chi connectivity index (χ0n) is 11.3. The van der Waals surface area contributed by atoms with Gasteiger partial charge in [-0.15, -0.1) is 0 Å². The summed E-state index contributed by atoms with van der Waals surface area (Å²) in [6, 6.07) is 11.3. The molecule has 0 fully saturated rings. The van der Waals surface area contributed by atoms with Gasteiger partial charge in [0.1, 0.15) is 5.82 Å². The van der Waals surface area contributed by atoms with E-state index in [1.165, 1.54) is 12.1 Å². The van der Waals surface area contributed by atoms with Crippen molar-refractivity contribution in [3.05, 3.63) is 69.5 Å². The van der Waals surface area contributed by atoms with Crippen LogP contribution >= 0.6 is 23.2 Å². The molecule has 0 bridgehead atoms. The molecule has 0 spiro atoms. The van der Waals surface area contributed by atoms with Crippen LogP contribution in [-0.2, 0) is 11.8 Å². The summed E-state index contributed by atoms with van der Waals surface area (Å²) >= 11 is 12.1. The molecule has 112 valence electrons. The second kappa shape index (κ2) is 6.75. The van der Waals surface area contributed by atoms with Crippen LogP contribution in [0.2, 0.25) is 10.0 Å². The van der Waals surface area contributed by atoms with Crippen molar-refractivity contribution in [3.8, 4) is 0 Å². The highest BCUT2D eigenvalue weighted by atomic mass is 35.5. The molecule has 0 saturated heterocycles. The molecule has 0 saturated carbocycles. The number of hydrogen-bond acceptors (Lipinski definition) is 2. The quantitative estimate of drug-likeness (QED) is 0.881. The summed E-state index contributed by atoms with van der Waals surface area (Å²) in [7, 11) is 0. The van der Waals surface area contributed by atoms with E-state index in [9.17, 15) is 9.50 Å². The molecule has 5 heteroatoms. The Morgan fingerprint density at radius 2 is 1.90 bits per heavy atom. The molecule has 0 aliphatic rings. The molecule has 2 rings (SSSR count). The van der Waals surface area contributed by atoms with E-state index < -0.39 is 5.41 Å². The number of aliphatic hydroxyl groups excluding tert-OH is 1. The second-order valence-electron chi connectivity index (χ2n) is 5.07. The molecule has 0 aliphatic heterocycles. The molecule has 0 aromatic heterocycles. The lowest BCUT2D eigenvalue weighted by Crippen LogP contribution is -2.41. The van der Waals surface area contributed by atoms with Crippen molar-refractivity contribution in [2.45, 2.75) is 11.8 Å². The van der Waals surface area contributed by atoms with E-state index in [1.54, 1.807) is 30.3 Å². The van der Waals surface area contributed by atoms with Crippen LogP contribution in [0.25, 0.3) is 0 Å². The molecule has 0 heterocycles. The average molecular weight is 328 g/mol. The molecule has 0 radical (unpaired) electrons. The van der Waals surface area contributed by atoms with E-state index in [2.05, 4.69) is 0 Å². The summed E-state index contributed by atoms with van der Waals surface area (Å²) < 4.78 is 13.5. The monoisotopic (exact) mass is 327 g/mol. The van der Waals surface area contributed by atoms with Crippen LogP contribution in [0.5, 0.6) is 0 Å². The van der Waals surface area contributed by atoms with E-state index in [1.807, 2.05) is 0 Å². The fourth-order valence-corrected chi connectivity index (χ4v) is 2.83. The van der Waals surface area contributed by atoms with Crippen molar-refractivity contribution in [1.29, 1.82) is 0 Å². The maximum absolute atomic E-state index is 13.5. The Labute approximate surface area is 133 Å². The first-order valence-electron chi connectivity index (χ1n) is 6.52. The van der Waals surface area contributed by atoms with Gasteiger partial charge in [-0.25, -0.2) is 4.39 Å². The van der Waals surface area contributed by atoms with Crippen molar-refractivity contribution in [2.24, 2.45) is 5.73 Å². The maximum atomic E-state index is 13.5. The minimum absolute atomic E-state index is 0.173. The normalized spacial score (nSPS) is 14.0. The van der Waals surface area contributed by atoms with Gasteiger partial charge in [-0.1, -0.05) is 41.4 Å². The first kappa shape index (κ1) is 16.2. The lowest BCUT2D eigenvalue weighted by Gasteiger charge is -2.31. The SMILES string of the molecule is NCC(CO)(Cc1ccc(Cl)cc1Cl)c1cccc(F)c1. The largest absolute Gasteiger partial charge is 0.395 e. The van der Waals surface area contributed by atoms with Crippen LogP contribution in [0.4, 0.5) is 4.39 Å². The third-order valence-corrected chi connectivity index (χ3v) is 4.26. The molecular formula is C16H16Cl2FNO. The molecule has 3 N–H and O–H groups in total. The third kappa shape index (κ3) is 3.55. The van der Waals surface area contributed by atoms with Gasteiger partial charge in [0.05, 0.1) is 6.61 Å². The van der Waals surface area contributed by atoms with E-state index >= 15 is 0 Å². The van der Waals surface area contributed by atoms with Crippen LogP contribution in [0.1, 0.15) is 11.1 Å². The topological polar surface area (TPSA) is 46.2 Å². The fraction of sp³-hybridized carbons (Fsp3) is 0.250. The van der Waals surface area contributed by atoms with E-state index in [0.29, 0.717) is 22.0 Å². The van der Waals surface area contributed by atoms with E-state index in [4.69, 9.17) is 28.9 Å². The van der Waals surface area contributed by atoms with Gasteiger partial charge in [0, 0.05) is 22.0 Å². The van der Waals surface area contributed by atoms with Crippen molar-refractivity contribution >= 4 is 23.2 Å². The molecule has 2 aromatic rings. The van der Waals surface area contributed by atoms with Crippen molar-refractivity contribution in [3.63, 3.8) is 0 Å². The summed E-state index contributed by atoms with van der Waals surface area (Å²) in [5, 5.41) is 10.9. The van der Waals surface area contributed by atoms with Crippen LogP contribution in [0.15, 0.2) is 42.5 Å². The highest BCUT2D eigenvalue weighted by Crippen LogP contribution is 2.31. The highest BCUT2D eigenvalue weighted by Gasteiger charge is 2.31. The van der Waals surface area contributed by atoms with Gasteiger partial charge in [-0.3, -0.25) is 0 Å². The van der Waals surface area contributed by atoms with Gasteiger partial charge in [0.2, 0.25) is 0 Å². The van der Waals surface area contributed by atoms with Gasteiger partial charge >= 0.3 is 0 Å². The summed E-state index contributed by atoms with van der Waals surface area (Å²) in [4.78, 5) is 0. The smallest absolute Gasteiger partial charge is 0.123 e. The molecule has 2 nitrogen and oxygen atoms in total. The average Bonchev–Trinajstić information content (AvgIpc) is 2.47. The predicted molar refractivity (Wildman–Crippen MR) is 84.4 cm³/mol. The minimum atomic E-state index is -0.778. The molecule has 1 unspecified atom stereocenters. The standard InChI is InChI=1S/C16H16Cl2FNO/c17-13-5-4-11(15(18)7-13)8-16(9-20,10-21)12-2-1-3-14(19)6-12/h1-7,21H,8-10,20H2. The van der Waals surface area contributed by atoms with E-state index in [0.717, 1.165) is 5.56 Å². The summed E-state index contributed by atoms with van der Waals surface area (Å²) in [6.45, 7) is -0.0299. The molecule has 0 amide bonds. The number of rotatable bonds is 5. The summed E-state index contributed by atoms with van der Waals surface area (Å²) in [6.07, 6.45) is 0.402. The van der Waals surface area contributed by atoms with Crippen LogP contribution in [0, 0.1) is 5.82 Å². The van der Waals surface area contributed by atoms with E-state index in [-0.39, 0.29) is 19.0 Å². The zero-order chi connectivity index (χ0) is 15.5. The van der Waals surface area contributed by atoms with Crippen molar-refractivity contribution in [1.82, 2.24) is 0 Å². The number of halogens is 3. The van der Waals surface area contributed by atoms with Gasteiger partial charge in [-0.05, 0) is 41.8 Å². The Kier molecular flexibility index (Phi) is 5.22. The first-order chi connectivity index (χ1) is 10.0. The number of aliphatic hydroxyl groups is 1. The van der Waals surface area contributed by atoms with Gasteiger partial charge in [0.25, 0.3) is 0 Å². The van der Waals surface area contributed by atoms with Crippen molar-refractivity contribution in [2.75, 3.05) is 13.2 Å². The first-order valence-corrected chi connectivity index (χ1v) is 7.27. The van der Waals surface area contributed by atoms with Crippen LogP contribution in [0.3, 0.4) is 0 Å². The van der Waals surface area contributed by atoms with Crippen molar-refractivity contribution < 1.29 is 9.50 Å². The third-order valence-electron chi connectivity index (χ3n) is 3.67. The number of hydrogen-bond donors (Lipinski definition) is 2. The Morgan fingerprint density at radius 3 is 2.48 bits per heavy atom. The van der Waals surface area contributed by atoms with Crippen LogP contribution in [-0.4, -0.2) is 18.3 Å². The summed E-state index contributed by atoms with van der Waals surface area (Å²) in [5.74, 6) is -0.360. The maximum Gasteiger partial charge on any atom is 0.123 e. The lowest BCUT2D eigenvalue weighted by atomic mass is 9.76. The molecular weight excluding hydrogens is 312 g/mol. The molecule has 2 aromatic carbocycles. The van der Waals surface area contributed by atoms with Gasteiger partial charge in [0.15, 0.2) is 0 Å². The molecule has 21 heavy (non-hydrogen) atoms. The van der Waals surface area contributed by atoms with Gasteiger partial charge < -0.3 is 10.8 Å². The zero-order valence-corrected chi connectivity index (χ0v) is 12.8. The minimum Gasteiger partial charge on any atom is -0.395 e. The number of nitrogens with two attached hydrogens (primary N) is 1. The Hall–Kier alpha value is -1.13. The second-order valence-corrected chi connectivity index (χ2v) is 5.91. The molecule has 1 atom stereocenters. The lowest BCUT2D eigenvalue weighted by molar-refractivity contribution is 0.196. The highest BCUT2D eigenvalue weighted by molar-refractivity contribution is 6.35. The summed E-state index contributed by atoms with van der Waals surface area (Å²) in [5.41, 5.74) is 6.56. The fourth-order valence-electron chi connectivity index (χ4n) is 2.35. The predicted octanol–water partition coefficient (Wildman–Crippen LogP) is 3.56. The Morgan fingerprint density at radius 1 is 1.14 bits per heavy atom. The number of benzene rings is 2. The van der Waals surface area contributed by atoms with Crippen LogP contribution < -0.4 is 5.73 Å². The molecule has 0 aliphatic carbocycles. The Bertz CT molecular complexity index is 629. The van der Waals surface area contributed by atoms with Gasteiger partial charge in [-0.2, -0.15) is 0 Å². The Balaban J connectivity index is 2.43.